The minimum atomic E-state index is -0.473. The van der Waals surface area contributed by atoms with Crippen molar-refractivity contribution in [1.82, 2.24) is 0 Å². The number of Topliss-reactive ketones (excluding diaryl/α,β-unsaturated/α-hetero) is 1. The van der Waals surface area contributed by atoms with Crippen molar-refractivity contribution in [2.45, 2.75) is 6.42 Å². The molecule has 3 nitrogen and oxygen atoms in total. The molecule has 0 aromatic heterocycles. The standard InChI is InChI=1S/C11H13ClFNO2/c12-10-2-1-3-11(13)9(10)6-8(15)7-16-5-4-14/h1-3H,4-7,14H2. The lowest BCUT2D eigenvalue weighted by Gasteiger charge is -2.05. The smallest absolute Gasteiger partial charge is 0.162 e. The molecule has 88 valence electrons. The number of benzene rings is 1. The quantitative estimate of drug-likeness (QED) is 0.774. The molecule has 2 N–H and O–H groups in total. The van der Waals surface area contributed by atoms with Gasteiger partial charge in [0.05, 0.1) is 6.61 Å². The Kier molecular flexibility index (Phi) is 5.38. The van der Waals surface area contributed by atoms with E-state index in [1.165, 1.54) is 12.1 Å². The second kappa shape index (κ2) is 6.58. The van der Waals surface area contributed by atoms with Crippen LogP contribution in [0.1, 0.15) is 5.56 Å². The van der Waals surface area contributed by atoms with Crippen molar-refractivity contribution in [2.75, 3.05) is 19.8 Å². The van der Waals surface area contributed by atoms with Crippen LogP contribution in [0.4, 0.5) is 4.39 Å². The Balaban J connectivity index is 2.56. The molecule has 0 aliphatic heterocycles. The summed E-state index contributed by atoms with van der Waals surface area (Å²) in [5.74, 6) is -0.694. The third kappa shape index (κ3) is 3.89. The summed E-state index contributed by atoms with van der Waals surface area (Å²) in [6.45, 7) is 0.604. The van der Waals surface area contributed by atoms with Crippen molar-refractivity contribution in [3.8, 4) is 0 Å². The predicted molar refractivity (Wildman–Crippen MR) is 60.0 cm³/mol. The van der Waals surface area contributed by atoms with Gasteiger partial charge in [0.25, 0.3) is 0 Å². The summed E-state index contributed by atoms with van der Waals surface area (Å²) in [5, 5.41) is 0.257. The van der Waals surface area contributed by atoms with Gasteiger partial charge in [-0.3, -0.25) is 4.79 Å². The molecule has 1 rings (SSSR count). The van der Waals surface area contributed by atoms with Gasteiger partial charge in [-0.25, -0.2) is 4.39 Å². The van der Waals surface area contributed by atoms with E-state index in [0.29, 0.717) is 13.2 Å². The van der Waals surface area contributed by atoms with Gasteiger partial charge in [-0.1, -0.05) is 17.7 Å². The van der Waals surface area contributed by atoms with Gasteiger partial charge in [0.15, 0.2) is 5.78 Å². The molecule has 0 aliphatic rings. The van der Waals surface area contributed by atoms with Crippen LogP contribution in [0.15, 0.2) is 18.2 Å². The van der Waals surface area contributed by atoms with Gasteiger partial charge in [0.1, 0.15) is 12.4 Å². The predicted octanol–water partition coefficient (Wildman–Crippen LogP) is 1.57. The molecule has 0 saturated carbocycles. The van der Waals surface area contributed by atoms with Crippen LogP contribution in [0.5, 0.6) is 0 Å². The van der Waals surface area contributed by atoms with E-state index in [4.69, 9.17) is 22.1 Å². The Morgan fingerprint density at radius 1 is 1.50 bits per heavy atom. The van der Waals surface area contributed by atoms with Gasteiger partial charge >= 0.3 is 0 Å². The topological polar surface area (TPSA) is 52.3 Å². The molecule has 0 radical (unpaired) electrons. The number of ketones is 1. The van der Waals surface area contributed by atoms with Crippen molar-refractivity contribution < 1.29 is 13.9 Å². The van der Waals surface area contributed by atoms with E-state index in [1.54, 1.807) is 6.07 Å². The van der Waals surface area contributed by atoms with Crippen molar-refractivity contribution in [3.05, 3.63) is 34.6 Å². The van der Waals surface area contributed by atoms with Crippen LogP contribution in [-0.4, -0.2) is 25.5 Å². The largest absolute Gasteiger partial charge is 0.372 e. The highest BCUT2D eigenvalue weighted by molar-refractivity contribution is 6.31. The summed E-state index contributed by atoms with van der Waals surface area (Å²) in [4.78, 5) is 11.4. The van der Waals surface area contributed by atoms with Gasteiger partial charge in [-0.05, 0) is 12.1 Å². The average Bonchev–Trinajstić information content (AvgIpc) is 2.24. The van der Waals surface area contributed by atoms with Crippen LogP contribution in [0.25, 0.3) is 0 Å². The lowest BCUT2D eigenvalue weighted by Crippen LogP contribution is -2.16. The molecular weight excluding hydrogens is 233 g/mol. The molecule has 0 aliphatic carbocycles. The van der Waals surface area contributed by atoms with E-state index in [2.05, 4.69) is 0 Å². The average molecular weight is 246 g/mol. The number of rotatable bonds is 6. The fourth-order valence-corrected chi connectivity index (χ4v) is 1.45. The Morgan fingerprint density at radius 3 is 2.88 bits per heavy atom. The number of halogens is 2. The fourth-order valence-electron chi connectivity index (χ4n) is 1.22. The highest BCUT2D eigenvalue weighted by atomic mass is 35.5. The van der Waals surface area contributed by atoms with E-state index in [9.17, 15) is 9.18 Å². The lowest BCUT2D eigenvalue weighted by molar-refractivity contribution is -0.122. The first-order valence-corrected chi connectivity index (χ1v) is 5.25. The lowest BCUT2D eigenvalue weighted by atomic mass is 10.1. The maximum Gasteiger partial charge on any atom is 0.162 e. The molecule has 0 unspecified atom stereocenters. The summed E-state index contributed by atoms with van der Waals surface area (Å²) in [6, 6.07) is 4.32. The Bertz CT molecular complexity index is 351. The number of hydrogen-bond donors (Lipinski definition) is 1. The van der Waals surface area contributed by atoms with Gasteiger partial charge in [-0.15, -0.1) is 0 Å². The highest BCUT2D eigenvalue weighted by Crippen LogP contribution is 2.19. The number of hydrogen-bond acceptors (Lipinski definition) is 3. The third-order valence-corrected chi connectivity index (χ3v) is 2.31. The maximum atomic E-state index is 13.3. The Labute approximate surface area is 98.3 Å². The van der Waals surface area contributed by atoms with Crippen molar-refractivity contribution in [2.24, 2.45) is 5.73 Å². The normalized spacial score (nSPS) is 10.4. The van der Waals surface area contributed by atoms with Gasteiger partial charge < -0.3 is 10.5 Å². The number of ether oxygens (including phenoxy) is 1. The maximum absolute atomic E-state index is 13.3. The highest BCUT2D eigenvalue weighted by Gasteiger charge is 2.11. The van der Waals surface area contributed by atoms with Crippen LogP contribution in [0.2, 0.25) is 5.02 Å². The zero-order valence-electron chi connectivity index (χ0n) is 8.71. The summed E-state index contributed by atoms with van der Waals surface area (Å²) in [5.41, 5.74) is 5.41. The van der Waals surface area contributed by atoms with Crippen LogP contribution in [0.3, 0.4) is 0 Å². The van der Waals surface area contributed by atoms with E-state index < -0.39 is 5.82 Å². The first-order chi connectivity index (χ1) is 7.65. The van der Waals surface area contributed by atoms with Crippen LogP contribution in [0, 0.1) is 5.82 Å². The SMILES string of the molecule is NCCOCC(=O)Cc1c(F)cccc1Cl. The van der Waals surface area contributed by atoms with Gasteiger partial charge in [0.2, 0.25) is 0 Å². The first-order valence-electron chi connectivity index (χ1n) is 4.87. The zero-order chi connectivity index (χ0) is 12.0. The van der Waals surface area contributed by atoms with E-state index >= 15 is 0 Å². The second-order valence-corrected chi connectivity index (χ2v) is 3.66. The van der Waals surface area contributed by atoms with Crippen molar-refractivity contribution >= 4 is 17.4 Å². The molecule has 0 spiro atoms. The molecule has 1 aromatic carbocycles. The number of carbonyl (C=O) groups excluding carboxylic acids is 1. The van der Waals surface area contributed by atoms with E-state index in [1.807, 2.05) is 0 Å². The zero-order valence-corrected chi connectivity index (χ0v) is 9.47. The van der Waals surface area contributed by atoms with Gasteiger partial charge in [-0.2, -0.15) is 0 Å². The molecule has 5 heteroatoms. The van der Waals surface area contributed by atoms with Gasteiger partial charge in [0, 0.05) is 23.6 Å². The summed E-state index contributed by atoms with van der Waals surface area (Å²) < 4.78 is 18.3. The molecule has 0 atom stereocenters. The molecule has 0 bridgehead atoms. The third-order valence-electron chi connectivity index (χ3n) is 1.96. The Morgan fingerprint density at radius 2 is 2.25 bits per heavy atom. The summed E-state index contributed by atoms with van der Waals surface area (Å²) >= 11 is 5.78. The summed E-state index contributed by atoms with van der Waals surface area (Å²) in [7, 11) is 0. The first kappa shape index (κ1) is 13.1. The summed E-state index contributed by atoms with van der Waals surface area (Å²) in [6.07, 6.45) is -0.0594. The van der Waals surface area contributed by atoms with E-state index in [-0.39, 0.29) is 29.4 Å². The van der Waals surface area contributed by atoms with E-state index in [0.717, 1.165) is 0 Å². The second-order valence-electron chi connectivity index (χ2n) is 3.26. The molecule has 0 heterocycles. The molecule has 1 aromatic rings. The van der Waals surface area contributed by atoms with Crippen LogP contribution in [-0.2, 0) is 16.0 Å². The molecule has 0 fully saturated rings. The Hall–Kier alpha value is -0.970. The van der Waals surface area contributed by atoms with Crippen LogP contribution >= 0.6 is 11.6 Å². The van der Waals surface area contributed by atoms with Crippen molar-refractivity contribution in [3.63, 3.8) is 0 Å². The minimum Gasteiger partial charge on any atom is -0.372 e. The number of carbonyl (C=O) groups is 1. The van der Waals surface area contributed by atoms with Crippen LogP contribution < -0.4 is 5.73 Å². The minimum absolute atomic E-state index is 0.0594. The fraction of sp³-hybridized carbons (Fsp3) is 0.364. The van der Waals surface area contributed by atoms with Crippen molar-refractivity contribution in [1.29, 1.82) is 0 Å². The monoisotopic (exact) mass is 245 g/mol. The molecule has 0 saturated heterocycles. The molecule has 16 heavy (non-hydrogen) atoms. The molecule has 0 amide bonds. The number of nitrogens with two attached hydrogens (primary N) is 1. The molecular formula is C11H13ClFNO2.